The first-order chi connectivity index (χ1) is 5.93. The van der Waals surface area contributed by atoms with Gasteiger partial charge < -0.3 is 9.84 Å². The zero-order valence-corrected chi connectivity index (χ0v) is 6.79. The minimum atomic E-state index is 0.640. The highest BCUT2D eigenvalue weighted by molar-refractivity contribution is 4.83. The molecule has 0 unspecified atom stereocenters. The Morgan fingerprint density at radius 3 is 3.25 bits per heavy atom. The van der Waals surface area contributed by atoms with E-state index in [2.05, 4.69) is 25.9 Å². The van der Waals surface area contributed by atoms with E-state index in [4.69, 9.17) is 6.42 Å². The molecule has 4 heteroatoms. The molecule has 64 valence electrons. The van der Waals surface area contributed by atoms with E-state index < -0.39 is 0 Å². The van der Waals surface area contributed by atoms with Gasteiger partial charge in [-0.05, 0) is 13.0 Å². The Hall–Kier alpha value is -1.34. The molecule has 0 aliphatic rings. The van der Waals surface area contributed by atoms with Gasteiger partial charge in [0.25, 0.3) is 0 Å². The van der Waals surface area contributed by atoms with Crippen molar-refractivity contribution < 1.29 is 4.52 Å². The van der Waals surface area contributed by atoms with Crippen molar-refractivity contribution in [3.63, 3.8) is 0 Å². The highest BCUT2D eigenvalue weighted by atomic mass is 16.5. The van der Waals surface area contributed by atoms with Crippen LogP contribution in [0.25, 0.3) is 0 Å². The number of hydrogen-bond donors (Lipinski definition) is 1. The molecule has 1 N–H and O–H groups in total. The van der Waals surface area contributed by atoms with Crippen LogP contribution in [0.2, 0.25) is 0 Å². The van der Waals surface area contributed by atoms with Gasteiger partial charge in [0, 0.05) is 6.42 Å². The van der Waals surface area contributed by atoms with E-state index in [0.717, 1.165) is 19.4 Å². The summed E-state index contributed by atoms with van der Waals surface area (Å²) >= 11 is 0. The van der Waals surface area contributed by atoms with E-state index in [0.29, 0.717) is 12.4 Å². The first-order valence-electron chi connectivity index (χ1n) is 3.83. The molecular weight excluding hydrogens is 154 g/mol. The van der Waals surface area contributed by atoms with Gasteiger partial charge in [-0.25, -0.2) is 0 Å². The van der Waals surface area contributed by atoms with Crippen molar-refractivity contribution in [2.75, 3.05) is 6.54 Å². The van der Waals surface area contributed by atoms with Crippen LogP contribution in [0.15, 0.2) is 10.9 Å². The Morgan fingerprint density at radius 1 is 1.67 bits per heavy atom. The monoisotopic (exact) mass is 165 g/mol. The standard InChI is InChI=1S/C8H11N3O/c1-2-3-4-5-9-6-8-10-7-12-11-8/h1,7,9H,3-6H2. The molecule has 0 spiro atoms. The zero-order chi connectivity index (χ0) is 8.65. The molecule has 0 atom stereocenters. The highest BCUT2D eigenvalue weighted by Crippen LogP contribution is 1.88. The number of nitrogens with one attached hydrogen (secondary N) is 1. The van der Waals surface area contributed by atoms with Gasteiger partial charge in [0.1, 0.15) is 0 Å². The van der Waals surface area contributed by atoms with Crippen LogP contribution in [-0.4, -0.2) is 16.7 Å². The molecule has 0 aliphatic carbocycles. The van der Waals surface area contributed by atoms with Crippen molar-refractivity contribution in [2.45, 2.75) is 19.4 Å². The highest BCUT2D eigenvalue weighted by Gasteiger charge is 1.95. The van der Waals surface area contributed by atoms with Crippen LogP contribution in [0.4, 0.5) is 0 Å². The molecule has 1 heterocycles. The van der Waals surface area contributed by atoms with Crippen LogP contribution in [0.3, 0.4) is 0 Å². The van der Waals surface area contributed by atoms with Gasteiger partial charge in [0.05, 0.1) is 6.54 Å². The second kappa shape index (κ2) is 5.33. The van der Waals surface area contributed by atoms with E-state index in [1.165, 1.54) is 6.39 Å². The van der Waals surface area contributed by atoms with Gasteiger partial charge in [-0.15, -0.1) is 12.3 Å². The molecule has 0 saturated heterocycles. The molecule has 0 bridgehead atoms. The number of unbranched alkanes of at least 4 members (excludes halogenated alkanes) is 1. The summed E-state index contributed by atoms with van der Waals surface area (Å²) in [5, 5.41) is 6.79. The molecule has 4 nitrogen and oxygen atoms in total. The summed E-state index contributed by atoms with van der Waals surface area (Å²) < 4.78 is 4.56. The van der Waals surface area contributed by atoms with Gasteiger partial charge in [-0.2, -0.15) is 4.98 Å². The lowest BCUT2D eigenvalue weighted by Crippen LogP contribution is -2.15. The summed E-state index contributed by atoms with van der Waals surface area (Å²) in [7, 11) is 0. The lowest BCUT2D eigenvalue weighted by atomic mass is 10.3. The van der Waals surface area contributed by atoms with Crippen LogP contribution in [0.1, 0.15) is 18.7 Å². The molecule has 0 aliphatic heterocycles. The van der Waals surface area contributed by atoms with Crippen molar-refractivity contribution >= 4 is 0 Å². The van der Waals surface area contributed by atoms with Crippen molar-refractivity contribution in [2.24, 2.45) is 0 Å². The number of hydrogen-bond acceptors (Lipinski definition) is 4. The summed E-state index contributed by atoms with van der Waals surface area (Å²) in [6, 6.07) is 0. The zero-order valence-electron chi connectivity index (χ0n) is 6.79. The summed E-state index contributed by atoms with van der Waals surface area (Å²) in [6.07, 6.45) is 8.19. The minimum Gasteiger partial charge on any atom is -0.343 e. The number of nitrogens with zero attached hydrogens (tertiary/aromatic N) is 2. The second-order valence-electron chi connectivity index (χ2n) is 2.33. The number of rotatable bonds is 5. The Balaban J connectivity index is 2.01. The van der Waals surface area contributed by atoms with Crippen molar-refractivity contribution in [1.82, 2.24) is 15.5 Å². The molecule has 0 amide bonds. The van der Waals surface area contributed by atoms with Crippen molar-refractivity contribution in [3.8, 4) is 12.3 Å². The number of terminal acetylenes is 1. The van der Waals surface area contributed by atoms with Crippen LogP contribution >= 0.6 is 0 Å². The predicted octanol–water partition coefficient (Wildman–Crippen LogP) is 0.573. The van der Waals surface area contributed by atoms with E-state index in [1.807, 2.05) is 0 Å². The van der Waals surface area contributed by atoms with Gasteiger partial charge in [0.15, 0.2) is 5.82 Å². The van der Waals surface area contributed by atoms with Crippen LogP contribution in [0, 0.1) is 12.3 Å². The summed E-state index contributed by atoms with van der Waals surface area (Å²) in [4.78, 5) is 3.85. The van der Waals surface area contributed by atoms with Gasteiger partial charge in [-0.1, -0.05) is 5.16 Å². The van der Waals surface area contributed by atoms with E-state index in [-0.39, 0.29) is 0 Å². The smallest absolute Gasteiger partial charge is 0.213 e. The summed E-state index contributed by atoms with van der Waals surface area (Å²) in [5.41, 5.74) is 0. The lowest BCUT2D eigenvalue weighted by molar-refractivity contribution is 0.407. The normalized spacial score (nSPS) is 9.58. The Kier molecular flexibility index (Phi) is 3.89. The quantitative estimate of drug-likeness (QED) is 0.512. The van der Waals surface area contributed by atoms with Gasteiger partial charge in [-0.3, -0.25) is 0 Å². The summed E-state index contributed by atoms with van der Waals surface area (Å²) in [5.74, 6) is 3.25. The second-order valence-corrected chi connectivity index (χ2v) is 2.33. The molecule has 0 radical (unpaired) electrons. The third-order valence-electron chi connectivity index (χ3n) is 1.36. The summed E-state index contributed by atoms with van der Waals surface area (Å²) in [6.45, 7) is 1.53. The molecule has 0 fully saturated rings. The minimum absolute atomic E-state index is 0.640. The fraction of sp³-hybridized carbons (Fsp3) is 0.500. The SMILES string of the molecule is C#CCCCNCc1ncon1. The maximum absolute atomic E-state index is 5.09. The lowest BCUT2D eigenvalue weighted by Gasteiger charge is -1.97. The molecule has 0 saturated carbocycles. The first-order valence-corrected chi connectivity index (χ1v) is 3.83. The molecule has 1 rings (SSSR count). The van der Waals surface area contributed by atoms with E-state index in [1.54, 1.807) is 0 Å². The first kappa shape index (κ1) is 8.75. The fourth-order valence-electron chi connectivity index (χ4n) is 0.786. The maximum atomic E-state index is 5.09. The molecular formula is C8H11N3O. The van der Waals surface area contributed by atoms with Crippen molar-refractivity contribution in [1.29, 1.82) is 0 Å². The maximum Gasteiger partial charge on any atom is 0.213 e. The van der Waals surface area contributed by atoms with Crippen LogP contribution < -0.4 is 5.32 Å². The Morgan fingerprint density at radius 2 is 2.58 bits per heavy atom. The average molecular weight is 165 g/mol. The predicted molar refractivity (Wildman–Crippen MR) is 44.1 cm³/mol. The molecule has 1 aromatic rings. The third-order valence-corrected chi connectivity index (χ3v) is 1.36. The van der Waals surface area contributed by atoms with Crippen LogP contribution in [0.5, 0.6) is 0 Å². The van der Waals surface area contributed by atoms with E-state index >= 15 is 0 Å². The van der Waals surface area contributed by atoms with Crippen LogP contribution in [-0.2, 0) is 6.54 Å². The molecule has 1 aromatic heterocycles. The number of aromatic nitrogens is 2. The Bertz CT molecular complexity index is 237. The molecule has 12 heavy (non-hydrogen) atoms. The molecule has 0 aromatic carbocycles. The van der Waals surface area contributed by atoms with E-state index in [9.17, 15) is 0 Å². The Labute approximate surface area is 71.4 Å². The topological polar surface area (TPSA) is 51.0 Å². The largest absolute Gasteiger partial charge is 0.343 e. The van der Waals surface area contributed by atoms with Gasteiger partial charge in [0.2, 0.25) is 6.39 Å². The van der Waals surface area contributed by atoms with Crippen molar-refractivity contribution in [3.05, 3.63) is 12.2 Å². The van der Waals surface area contributed by atoms with Gasteiger partial charge >= 0.3 is 0 Å². The average Bonchev–Trinajstić information content (AvgIpc) is 2.57. The fourth-order valence-corrected chi connectivity index (χ4v) is 0.786. The third kappa shape index (κ3) is 3.17.